The molecule has 0 spiro atoms. The molecule has 0 saturated heterocycles. The molecule has 1 heterocycles. The van der Waals surface area contributed by atoms with E-state index in [1.807, 2.05) is 13.8 Å². The lowest BCUT2D eigenvalue weighted by atomic mass is 10.1. The van der Waals surface area contributed by atoms with Gasteiger partial charge in [0.2, 0.25) is 11.8 Å². The number of nitrogens with one attached hydrogen (secondary N) is 4. The Balaban J connectivity index is 1.56. The highest BCUT2D eigenvalue weighted by Crippen LogP contribution is 2.59. The van der Waals surface area contributed by atoms with Crippen LogP contribution in [0.2, 0.25) is 0 Å². The quantitative estimate of drug-likeness (QED) is 0.617. The fraction of sp³-hybridized carbons (Fsp3) is 0.421. The second-order valence-corrected chi connectivity index (χ2v) is 7.67. The summed E-state index contributed by atoms with van der Waals surface area (Å²) in [5.74, 6) is -0.305. The number of allylic oxidation sites excluding steroid dienone is 2. The third-order valence-corrected chi connectivity index (χ3v) is 4.93. The minimum atomic E-state index is -0.312. The summed E-state index contributed by atoms with van der Waals surface area (Å²) in [5, 5.41) is 5.44. The molecule has 3 rings (SSSR count). The normalized spacial score (nSPS) is 20.5. The Morgan fingerprint density at radius 2 is 1.88 bits per heavy atom. The van der Waals surface area contributed by atoms with Gasteiger partial charge < -0.3 is 20.6 Å². The zero-order chi connectivity index (χ0) is 19.1. The van der Waals surface area contributed by atoms with Gasteiger partial charge in [0.05, 0.1) is 23.5 Å². The van der Waals surface area contributed by atoms with Gasteiger partial charge in [0.25, 0.3) is 0 Å². The van der Waals surface area contributed by atoms with Gasteiger partial charge in [-0.15, -0.1) is 0 Å². The largest absolute Gasteiger partial charge is 0.347 e. The van der Waals surface area contributed by atoms with Crippen LogP contribution in [0.25, 0.3) is 11.0 Å². The summed E-state index contributed by atoms with van der Waals surface area (Å²) in [5.41, 5.74) is 2.65. The van der Waals surface area contributed by atoms with Crippen LogP contribution in [0.3, 0.4) is 0 Å². The van der Waals surface area contributed by atoms with Crippen molar-refractivity contribution in [2.24, 2.45) is 17.3 Å². The molecule has 2 atom stereocenters. The minimum absolute atomic E-state index is 0.0803. The zero-order valence-electron chi connectivity index (χ0n) is 15.4. The molecule has 1 aliphatic carbocycles. The summed E-state index contributed by atoms with van der Waals surface area (Å²) in [6.45, 7) is 8.08. The van der Waals surface area contributed by atoms with E-state index in [-0.39, 0.29) is 41.3 Å². The molecule has 7 nitrogen and oxygen atoms in total. The van der Waals surface area contributed by atoms with E-state index in [1.165, 1.54) is 5.57 Å². The Kier molecular flexibility index (Phi) is 4.48. The van der Waals surface area contributed by atoms with Crippen LogP contribution in [0.4, 0.5) is 5.69 Å². The van der Waals surface area contributed by atoms with Crippen LogP contribution < -0.4 is 16.3 Å². The lowest BCUT2D eigenvalue weighted by Gasteiger charge is -2.08. The number of amides is 2. The van der Waals surface area contributed by atoms with Crippen molar-refractivity contribution < 1.29 is 9.59 Å². The second-order valence-electron chi connectivity index (χ2n) is 7.67. The van der Waals surface area contributed by atoms with Crippen molar-refractivity contribution >= 4 is 28.5 Å². The second kappa shape index (κ2) is 6.48. The number of imidazole rings is 1. The van der Waals surface area contributed by atoms with Gasteiger partial charge in [-0.3, -0.25) is 9.59 Å². The molecule has 26 heavy (non-hydrogen) atoms. The molecule has 0 aliphatic heterocycles. The summed E-state index contributed by atoms with van der Waals surface area (Å²) in [6, 6.07) is 5.07. The standard InChI is InChI=1S/C19H24N4O3/c1-10(2)7-12-16(19(12,3)4)17(25)20-9-15(24)21-11-5-6-13-14(8-11)23-18(26)22-13/h5-8,12,16H,9H2,1-4H3,(H,20,25)(H,21,24)(H2,22,23,26)/t12-,16+/m1/s1. The molecular weight excluding hydrogens is 332 g/mol. The van der Waals surface area contributed by atoms with E-state index in [1.54, 1.807) is 18.2 Å². The molecular formula is C19H24N4O3. The van der Waals surface area contributed by atoms with Crippen LogP contribution >= 0.6 is 0 Å². The number of hydrogen-bond donors (Lipinski definition) is 4. The molecule has 1 aromatic carbocycles. The van der Waals surface area contributed by atoms with Crippen molar-refractivity contribution in [1.29, 1.82) is 0 Å². The molecule has 1 fully saturated rings. The van der Waals surface area contributed by atoms with Crippen molar-refractivity contribution in [3.05, 3.63) is 40.3 Å². The average molecular weight is 356 g/mol. The highest BCUT2D eigenvalue weighted by molar-refractivity contribution is 5.96. The summed E-state index contributed by atoms with van der Waals surface area (Å²) >= 11 is 0. The topological polar surface area (TPSA) is 107 Å². The number of fused-ring (bicyclic) bond motifs is 1. The Morgan fingerprint density at radius 3 is 2.58 bits per heavy atom. The fourth-order valence-corrected chi connectivity index (χ4v) is 3.44. The van der Waals surface area contributed by atoms with E-state index in [0.29, 0.717) is 16.7 Å². The van der Waals surface area contributed by atoms with Gasteiger partial charge in [-0.1, -0.05) is 25.5 Å². The Labute approximate surface area is 151 Å². The predicted molar refractivity (Wildman–Crippen MR) is 101 cm³/mol. The number of carbonyl (C=O) groups is 2. The maximum Gasteiger partial charge on any atom is 0.323 e. The number of H-pyrrole nitrogens is 2. The van der Waals surface area contributed by atoms with Crippen molar-refractivity contribution in [3.63, 3.8) is 0 Å². The first-order valence-corrected chi connectivity index (χ1v) is 8.63. The predicted octanol–water partition coefficient (Wildman–Crippen LogP) is 2.15. The molecule has 1 aliphatic rings. The number of anilines is 1. The van der Waals surface area contributed by atoms with Gasteiger partial charge in [-0.25, -0.2) is 4.79 Å². The number of hydrogen-bond acceptors (Lipinski definition) is 3. The first kappa shape index (κ1) is 18.0. The first-order valence-electron chi connectivity index (χ1n) is 8.63. The lowest BCUT2D eigenvalue weighted by molar-refractivity contribution is -0.125. The van der Waals surface area contributed by atoms with Crippen LogP contribution in [-0.2, 0) is 9.59 Å². The minimum Gasteiger partial charge on any atom is -0.347 e. The molecule has 7 heteroatoms. The monoisotopic (exact) mass is 356 g/mol. The number of carbonyl (C=O) groups excluding carboxylic acids is 2. The summed E-state index contributed by atoms with van der Waals surface area (Å²) in [7, 11) is 0. The molecule has 1 saturated carbocycles. The number of rotatable bonds is 5. The van der Waals surface area contributed by atoms with Gasteiger partial charge >= 0.3 is 5.69 Å². The third-order valence-electron chi connectivity index (χ3n) is 4.93. The van der Waals surface area contributed by atoms with E-state index in [4.69, 9.17) is 0 Å². The van der Waals surface area contributed by atoms with Crippen LogP contribution in [0.1, 0.15) is 27.7 Å². The summed E-state index contributed by atoms with van der Waals surface area (Å²) in [4.78, 5) is 41.0. The van der Waals surface area contributed by atoms with Crippen LogP contribution in [0, 0.1) is 17.3 Å². The Bertz CT molecular complexity index is 947. The molecule has 4 N–H and O–H groups in total. The number of aromatic amines is 2. The molecule has 0 bridgehead atoms. The molecule has 0 unspecified atom stereocenters. The molecule has 2 aromatic rings. The molecule has 0 radical (unpaired) electrons. The Morgan fingerprint density at radius 1 is 1.19 bits per heavy atom. The maximum absolute atomic E-state index is 12.4. The van der Waals surface area contributed by atoms with Crippen molar-refractivity contribution in [3.8, 4) is 0 Å². The fourth-order valence-electron chi connectivity index (χ4n) is 3.44. The van der Waals surface area contributed by atoms with E-state index in [2.05, 4.69) is 40.5 Å². The summed E-state index contributed by atoms with van der Waals surface area (Å²) in [6.07, 6.45) is 2.12. The molecule has 138 valence electrons. The maximum atomic E-state index is 12.4. The smallest absolute Gasteiger partial charge is 0.323 e. The van der Waals surface area contributed by atoms with Gasteiger partial charge in [-0.2, -0.15) is 0 Å². The average Bonchev–Trinajstić information content (AvgIpc) is 2.87. The highest BCUT2D eigenvalue weighted by atomic mass is 16.2. The van der Waals surface area contributed by atoms with E-state index < -0.39 is 0 Å². The van der Waals surface area contributed by atoms with Crippen molar-refractivity contribution in [2.45, 2.75) is 27.7 Å². The summed E-state index contributed by atoms with van der Waals surface area (Å²) < 4.78 is 0. The van der Waals surface area contributed by atoms with Crippen molar-refractivity contribution in [1.82, 2.24) is 15.3 Å². The van der Waals surface area contributed by atoms with E-state index in [9.17, 15) is 14.4 Å². The molecule has 2 amide bonds. The lowest BCUT2D eigenvalue weighted by Crippen LogP contribution is -2.34. The van der Waals surface area contributed by atoms with Crippen LogP contribution in [0.5, 0.6) is 0 Å². The van der Waals surface area contributed by atoms with E-state index >= 15 is 0 Å². The first-order chi connectivity index (χ1) is 12.2. The molecule has 1 aromatic heterocycles. The number of benzene rings is 1. The zero-order valence-corrected chi connectivity index (χ0v) is 15.4. The van der Waals surface area contributed by atoms with Gasteiger partial charge in [0.1, 0.15) is 0 Å². The highest BCUT2D eigenvalue weighted by Gasteiger charge is 2.60. The van der Waals surface area contributed by atoms with Crippen LogP contribution in [0.15, 0.2) is 34.6 Å². The number of aromatic nitrogens is 2. The SMILES string of the molecule is CC(C)=C[C@@H]1[C@@H](C(=O)NCC(=O)Nc2ccc3[nH]c(=O)[nH]c3c2)C1(C)C. The van der Waals surface area contributed by atoms with E-state index in [0.717, 1.165) is 0 Å². The van der Waals surface area contributed by atoms with Crippen LogP contribution in [-0.4, -0.2) is 28.3 Å². The van der Waals surface area contributed by atoms with Crippen molar-refractivity contribution in [2.75, 3.05) is 11.9 Å². The van der Waals surface area contributed by atoms with Gasteiger partial charge in [0.15, 0.2) is 0 Å². The van der Waals surface area contributed by atoms with Gasteiger partial charge in [-0.05, 0) is 43.4 Å². The van der Waals surface area contributed by atoms with Gasteiger partial charge in [0, 0.05) is 5.69 Å². The Hall–Kier alpha value is -2.83. The third kappa shape index (κ3) is 3.56.